The van der Waals surface area contributed by atoms with Gasteiger partial charge in [-0.3, -0.25) is 5.01 Å². The van der Waals surface area contributed by atoms with E-state index in [1.807, 2.05) is 47.5 Å². The third-order valence-corrected chi connectivity index (χ3v) is 6.52. The molecule has 184 valence electrons. The molecule has 7 heteroatoms. The summed E-state index contributed by atoms with van der Waals surface area (Å²) in [6.45, 7) is 0. The first kappa shape index (κ1) is 23.4. The van der Waals surface area contributed by atoms with Gasteiger partial charge in [-0.15, -0.1) is 0 Å². The molecule has 0 spiro atoms. The second-order valence-electron chi connectivity index (χ2n) is 8.44. The van der Waals surface area contributed by atoms with E-state index in [1.54, 1.807) is 40.6 Å². The summed E-state index contributed by atoms with van der Waals surface area (Å²) in [5.74, 6) is 2.61. The molecule has 1 aliphatic heterocycles. The van der Waals surface area contributed by atoms with E-state index >= 15 is 0 Å². The van der Waals surface area contributed by atoms with Gasteiger partial charge in [-0.05, 0) is 29.1 Å². The van der Waals surface area contributed by atoms with Crippen molar-refractivity contribution < 1.29 is 24.1 Å². The Kier molecular flexibility index (Phi) is 6.29. The van der Waals surface area contributed by atoms with E-state index in [4.69, 9.17) is 24.0 Å². The fourth-order valence-electron chi connectivity index (χ4n) is 4.80. The molecule has 0 aliphatic carbocycles. The van der Waals surface area contributed by atoms with Crippen LogP contribution in [0, 0.1) is 0 Å². The molecule has 1 aliphatic rings. The predicted molar refractivity (Wildman–Crippen MR) is 141 cm³/mol. The van der Waals surface area contributed by atoms with E-state index in [0.29, 0.717) is 29.2 Å². The van der Waals surface area contributed by atoms with Crippen molar-refractivity contribution >= 4 is 22.2 Å². The van der Waals surface area contributed by atoms with Gasteiger partial charge in [-0.25, -0.2) is 0 Å². The van der Waals surface area contributed by atoms with Gasteiger partial charge in [0.1, 0.15) is 28.7 Å². The minimum atomic E-state index is -0.144. The van der Waals surface area contributed by atoms with Crippen LogP contribution in [-0.4, -0.2) is 39.3 Å². The lowest BCUT2D eigenvalue weighted by molar-refractivity contribution is 0.384. The lowest BCUT2D eigenvalue weighted by atomic mass is 9.93. The standard InChI is InChI=1S/C29H28N2O5/c1-33-19-9-7-8-18(14-19)31-25(22-12-13-27(35-3)23-11-6-5-10-21(22)23)17-24(30-31)29-26(32)15-20(34-2)16-28(29)36-4/h5-16,25,32H,17H2,1-4H3. The Hall–Kier alpha value is -4.39. The Labute approximate surface area is 210 Å². The predicted octanol–water partition coefficient (Wildman–Crippen LogP) is 5.94. The highest BCUT2D eigenvalue weighted by Gasteiger charge is 2.34. The Morgan fingerprint density at radius 2 is 1.50 bits per heavy atom. The van der Waals surface area contributed by atoms with Crippen LogP contribution in [0.2, 0.25) is 0 Å². The molecule has 0 amide bonds. The molecule has 1 atom stereocenters. The first-order chi connectivity index (χ1) is 17.6. The molecule has 0 saturated carbocycles. The Balaban J connectivity index is 1.69. The summed E-state index contributed by atoms with van der Waals surface area (Å²) >= 11 is 0. The number of hydrazone groups is 1. The second kappa shape index (κ2) is 9.70. The summed E-state index contributed by atoms with van der Waals surface area (Å²) in [5.41, 5.74) is 3.23. The number of phenols is 1. The normalized spacial score (nSPS) is 15.1. The molecular formula is C29H28N2O5. The van der Waals surface area contributed by atoms with Gasteiger partial charge in [-0.1, -0.05) is 36.4 Å². The summed E-state index contributed by atoms with van der Waals surface area (Å²) < 4.78 is 22.0. The third kappa shape index (κ3) is 4.02. The molecule has 1 heterocycles. The summed E-state index contributed by atoms with van der Waals surface area (Å²) in [7, 11) is 6.45. The van der Waals surface area contributed by atoms with Crippen LogP contribution < -0.4 is 24.0 Å². The fourth-order valence-corrected chi connectivity index (χ4v) is 4.80. The largest absolute Gasteiger partial charge is 0.507 e. The zero-order chi connectivity index (χ0) is 25.2. The van der Waals surface area contributed by atoms with Gasteiger partial charge in [0.2, 0.25) is 0 Å². The maximum absolute atomic E-state index is 10.9. The average molecular weight is 485 g/mol. The van der Waals surface area contributed by atoms with Crippen LogP contribution in [0.25, 0.3) is 10.8 Å². The highest BCUT2D eigenvalue weighted by atomic mass is 16.5. The summed E-state index contributed by atoms with van der Waals surface area (Å²) in [6, 6.07) is 23.2. The van der Waals surface area contributed by atoms with Gasteiger partial charge in [0.15, 0.2) is 0 Å². The number of benzene rings is 4. The van der Waals surface area contributed by atoms with Crippen LogP contribution >= 0.6 is 0 Å². The van der Waals surface area contributed by atoms with Crippen molar-refractivity contribution in [1.82, 2.24) is 0 Å². The first-order valence-corrected chi connectivity index (χ1v) is 11.6. The van der Waals surface area contributed by atoms with Gasteiger partial charge in [0.25, 0.3) is 0 Å². The van der Waals surface area contributed by atoms with Crippen LogP contribution in [0.1, 0.15) is 23.6 Å². The van der Waals surface area contributed by atoms with Gasteiger partial charge in [0, 0.05) is 30.0 Å². The molecule has 0 bridgehead atoms. The van der Waals surface area contributed by atoms with E-state index in [1.165, 1.54) is 0 Å². The van der Waals surface area contributed by atoms with Gasteiger partial charge in [-0.2, -0.15) is 5.10 Å². The number of hydrogen-bond acceptors (Lipinski definition) is 7. The molecule has 1 N–H and O–H groups in total. The lowest BCUT2D eigenvalue weighted by Gasteiger charge is -2.26. The number of rotatable bonds is 7. The number of methoxy groups -OCH3 is 4. The molecule has 7 nitrogen and oxygen atoms in total. The van der Waals surface area contributed by atoms with Crippen molar-refractivity contribution in [2.45, 2.75) is 12.5 Å². The fraction of sp³-hybridized carbons (Fsp3) is 0.207. The van der Waals surface area contributed by atoms with Crippen molar-refractivity contribution in [3.8, 4) is 28.7 Å². The highest BCUT2D eigenvalue weighted by molar-refractivity contribution is 6.08. The zero-order valence-electron chi connectivity index (χ0n) is 20.7. The molecule has 0 saturated heterocycles. The van der Waals surface area contributed by atoms with Crippen molar-refractivity contribution in [2.24, 2.45) is 5.10 Å². The summed E-state index contributed by atoms with van der Waals surface area (Å²) in [6.07, 6.45) is 0.545. The molecule has 5 rings (SSSR count). The van der Waals surface area contributed by atoms with Gasteiger partial charge in [0.05, 0.1) is 51.4 Å². The number of hydrogen-bond donors (Lipinski definition) is 1. The van der Waals surface area contributed by atoms with Crippen molar-refractivity contribution in [3.05, 3.63) is 83.9 Å². The molecule has 4 aromatic rings. The zero-order valence-corrected chi connectivity index (χ0v) is 20.7. The van der Waals surface area contributed by atoms with E-state index in [2.05, 4.69) is 18.2 Å². The van der Waals surface area contributed by atoms with Crippen molar-refractivity contribution in [2.75, 3.05) is 33.4 Å². The van der Waals surface area contributed by atoms with Crippen LogP contribution in [0.5, 0.6) is 28.7 Å². The lowest BCUT2D eigenvalue weighted by Crippen LogP contribution is -2.19. The number of phenolic OH excluding ortho intramolecular Hbond substituents is 1. The van der Waals surface area contributed by atoms with E-state index < -0.39 is 0 Å². The molecule has 0 fully saturated rings. The van der Waals surface area contributed by atoms with Crippen LogP contribution in [0.15, 0.2) is 77.9 Å². The molecule has 0 radical (unpaired) electrons. The third-order valence-electron chi connectivity index (χ3n) is 6.52. The minimum absolute atomic E-state index is 0.0516. The maximum atomic E-state index is 10.9. The molecular weight excluding hydrogens is 456 g/mol. The first-order valence-electron chi connectivity index (χ1n) is 11.6. The Morgan fingerprint density at radius 1 is 0.750 bits per heavy atom. The van der Waals surface area contributed by atoms with Crippen LogP contribution in [-0.2, 0) is 0 Å². The Bertz CT molecular complexity index is 1450. The average Bonchev–Trinajstić information content (AvgIpc) is 3.36. The smallest absolute Gasteiger partial charge is 0.135 e. The number of aromatic hydroxyl groups is 1. The van der Waals surface area contributed by atoms with Gasteiger partial charge >= 0.3 is 0 Å². The number of fused-ring (bicyclic) bond motifs is 1. The molecule has 36 heavy (non-hydrogen) atoms. The van der Waals surface area contributed by atoms with Crippen molar-refractivity contribution in [3.63, 3.8) is 0 Å². The van der Waals surface area contributed by atoms with E-state index in [0.717, 1.165) is 33.5 Å². The SMILES string of the molecule is COc1cccc(N2N=C(c3c(O)cc(OC)cc3OC)CC2c2ccc(OC)c3ccccc23)c1. The number of ether oxygens (including phenoxy) is 4. The van der Waals surface area contributed by atoms with Crippen molar-refractivity contribution in [1.29, 1.82) is 0 Å². The number of anilines is 1. The maximum Gasteiger partial charge on any atom is 0.135 e. The van der Waals surface area contributed by atoms with Crippen LogP contribution in [0.4, 0.5) is 5.69 Å². The molecule has 4 aromatic carbocycles. The Morgan fingerprint density at radius 3 is 2.22 bits per heavy atom. The monoisotopic (exact) mass is 484 g/mol. The topological polar surface area (TPSA) is 72.8 Å². The highest BCUT2D eigenvalue weighted by Crippen LogP contribution is 2.44. The molecule has 1 unspecified atom stereocenters. The van der Waals surface area contributed by atoms with E-state index in [-0.39, 0.29) is 11.8 Å². The summed E-state index contributed by atoms with van der Waals surface area (Å²) in [4.78, 5) is 0. The summed E-state index contributed by atoms with van der Waals surface area (Å²) in [5, 5.41) is 20.0. The van der Waals surface area contributed by atoms with Crippen LogP contribution in [0.3, 0.4) is 0 Å². The quantitative estimate of drug-likeness (QED) is 0.350. The minimum Gasteiger partial charge on any atom is -0.507 e. The van der Waals surface area contributed by atoms with Gasteiger partial charge < -0.3 is 24.1 Å². The molecule has 0 aromatic heterocycles. The van der Waals surface area contributed by atoms with E-state index in [9.17, 15) is 5.11 Å². The second-order valence-corrected chi connectivity index (χ2v) is 8.44. The number of nitrogens with zero attached hydrogens (tertiary/aromatic N) is 2.